The van der Waals surface area contributed by atoms with E-state index in [0.717, 1.165) is 6.20 Å². The van der Waals surface area contributed by atoms with Gasteiger partial charge in [-0.15, -0.1) is 0 Å². The monoisotopic (exact) mass is 237 g/mol. The highest BCUT2D eigenvalue weighted by atomic mass is 16.3. The van der Waals surface area contributed by atoms with E-state index in [4.69, 9.17) is 5.73 Å². The molecule has 1 aliphatic rings. The summed E-state index contributed by atoms with van der Waals surface area (Å²) in [5, 5.41) is 21.9. The molecule has 8 heteroatoms. The Labute approximate surface area is 96.1 Å². The summed E-state index contributed by atoms with van der Waals surface area (Å²) in [4.78, 5) is 18.6. The highest BCUT2D eigenvalue weighted by Crippen LogP contribution is 2.21. The van der Waals surface area contributed by atoms with E-state index in [1.165, 1.54) is 12.5 Å². The van der Waals surface area contributed by atoms with Gasteiger partial charge in [-0.3, -0.25) is 4.79 Å². The molecule has 1 aromatic rings. The number of carbonyl (C=O) groups is 1. The summed E-state index contributed by atoms with van der Waals surface area (Å²) in [7, 11) is 1.72. The molecule has 0 spiro atoms. The van der Waals surface area contributed by atoms with Gasteiger partial charge in [0, 0.05) is 19.4 Å². The number of amides is 1. The first-order valence-electron chi connectivity index (χ1n) is 4.70. The van der Waals surface area contributed by atoms with Crippen molar-refractivity contribution in [3.8, 4) is 0 Å². The van der Waals surface area contributed by atoms with Gasteiger partial charge >= 0.3 is 0 Å². The predicted molar refractivity (Wildman–Crippen MR) is 57.6 cm³/mol. The zero-order chi connectivity index (χ0) is 12.6. The Morgan fingerprint density at radius 1 is 1.65 bits per heavy atom. The summed E-state index contributed by atoms with van der Waals surface area (Å²) in [5.74, 6) is -3.27. The van der Waals surface area contributed by atoms with Crippen LogP contribution < -0.4 is 11.1 Å². The van der Waals surface area contributed by atoms with Crippen LogP contribution in [0.15, 0.2) is 29.5 Å². The molecule has 0 aliphatic carbocycles. The normalized spacial score (nSPS) is 23.6. The molecule has 0 aromatic carbocycles. The van der Waals surface area contributed by atoms with Crippen molar-refractivity contribution in [1.82, 2.24) is 14.9 Å². The van der Waals surface area contributed by atoms with Crippen molar-refractivity contribution in [2.24, 2.45) is 17.8 Å². The van der Waals surface area contributed by atoms with Gasteiger partial charge < -0.3 is 25.8 Å². The maximum atomic E-state index is 11.0. The third-order valence-electron chi connectivity index (χ3n) is 2.22. The van der Waals surface area contributed by atoms with Gasteiger partial charge in [-0.25, -0.2) is 9.98 Å². The zero-order valence-corrected chi connectivity index (χ0v) is 8.95. The fourth-order valence-corrected chi connectivity index (χ4v) is 1.39. The number of nitrogens with two attached hydrogens (primary N) is 1. The molecule has 2 rings (SSSR count). The minimum atomic E-state index is -1.90. The summed E-state index contributed by atoms with van der Waals surface area (Å²) in [6.45, 7) is 0. The summed E-state index contributed by atoms with van der Waals surface area (Å²) in [5.41, 5.74) is 4.80. The Hall–Kier alpha value is -2.35. The number of aliphatic hydroxyl groups excluding tert-OH is 1. The van der Waals surface area contributed by atoms with Crippen LogP contribution in [0.2, 0.25) is 0 Å². The van der Waals surface area contributed by atoms with Crippen molar-refractivity contribution in [3.05, 3.63) is 30.2 Å². The average Bonchev–Trinajstić information content (AvgIpc) is 2.69. The van der Waals surface area contributed by atoms with E-state index in [1.54, 1.807) is 11.6 Å². The smallest absolute Gasteiger partial charge is 0.281 e. The minimum Gasteiger partial charge on any atom is -0.504 e. The Balaban J connectivity index is 2.44. The van der Waals surface area contributed by atoms with Crippen LogP contribution in [0.5, 0.6) is 0 Å². The van der Waals surface area contributed by atoms with Crippen LogP contribution in [0.1, 0.15) is 5.69 Å². The predicted octanol–water partition coefficient (Wildman–Crippen LogP) is -1.55. The second-order valence-corrected chi connectivity index (χ2v) is 3.60. The molecule has 1 amide bonds. The van der Waals surface area contributed by atoms with Gasteiger partial charge in [-0.2, -0.15) is 0 Å². The molecule has 8 nitrogen and oxygen atoms in total. The first-order valence-corrected chi connectivity index (χ1v) is 4.70. The van der Waals surface area contributed by atoms with Crippen molar-refractivity contribution < 1.29 is 15.0 Å². The molecule has 1 aromatic heterocycles. The SMILES string of the molecule is Cn1cnc(C2(O)N=C(C(N)=O)C(O)=CN2)c1. The molecule has 0 fully saturated rings. The number of aliphatic hydroxyl groups is 2. The fourth-order valence-electron chi connectivity index (χ4n) is 1.39. The fraction of sp³-hybridized carbons (Fsp3) is 0.222. The van der Waals surface area contributed by atoms with Gasteiger partial charge in [0.25, 0.3) is 11.8 Å². The van der Waals surface area contributed by atoms with Gasteiger partial charge in [-0.1, -0.05) is 0 Å². The Morgan fingerprint density at radius 3 is 2.88 bits per heavy atom. The third kappa shape index (κ3) is 1.85. The third-order valence-corrected chi connectivity index (χ3v) is 2.22. The number of rotatable bonds is 2. The van der Waals surface area contributed by atoms with Crippen LogP contribution in [0.4, 0.5) is 0 Å². The topological polar surface area (TPSA) is 126 Å². The number of aryl methyl sites for hydroxylation is 1. The van der Waals surface area contributed by atoms with E-state index < -0.39 is 23.2 Å². The lowest BCUT2D eigenvalue weighted by atomic mass is 10.2. The number of nitrogens with zero attached hydrogens (tertiary/aromatic N) is 3. The van der Waals surface area contributed by atoms with Gasteiger partial charge in [0.2, 0.25) is 0 Å². The Morgan fingerprint density at radius 2 is 2.35 bits per heavy atom. The molecular formula is C9H11N5O3. The Kier molecular flexibility index (Phi) is 2.36. The number of hydrogen-bond acceptors (Lipinski definition) is 6. The summed E-state index contributed by atoms with van der Waals surface area (Å²) < 4.78 is 1.60. The lowest BCUT2D eigenvalue weighted by Gasteiger charge is -2.26. The summed E-state index contributed by atoms with van der Waals surface area (Å²) in [6.07, 6.45) is 4.03. The average molecular weight is 237 g/mol. The highest BCUT2D eigenvalue weighted by molar-refractivity contribution is 6.44. The van der Waals surface area contributed by atoms with Crippen LogP contribution in [0, 0.1) is 0 Å². The van der Waals surface area contributed by atoms with Crippen LogP contribution >= 0.6 is 0 Å². The largest absolute Gasteiger partial charge is 0.504 e. The lowest BCUT2D eigenvalue weighted by Crippen LogP contribution is -2.44. The van der Waals surface area contributed by atoms with Crippen molar-refractivity contribution in [3.63, 3.8) is 0 Å². The van der Waals surface area contributed by atoms with Gasteiger partial charge in [0.15, 0.2) is 11.5 Å². The van der Waals surface area contributed by atoms with Crippen molar-refractivity contribution >= 4 is 11.6 Å². The molecule has 1 unspecified atom stereocenters. The maximum Gasteiger partial charge on any atom is 0.281 e. The van der Waals surface area contributed by atoms with Gasteiger partial charge in [-0.05, 0) is 0 Å². The second-order valence-electron chi connectivity index (χ2n) is 3.60. The number of hydrogen-bond donors (Lipinski definition) is 4. The molecule has 17 heavy (non-hydrogen) atoms. The molecule has 0 bridgehead atoms. The molecule has 90 valence electrons. The van der Waals surface area contributed by atoms with Crippen LogP contribution in [0.25, 0.3) is 0 Å². The number of primary amides is 1. The highest BCUT2D eigenvalue weighted by Gasteiger charge is 2.35. The van der Waals surface area contributed by atoms with Crippen LogP contribution in [0.3, 0.4) is 0 Å². The van der Waals surface area contributed by atoms with Crippen molar-refractivity contribution in [2.45, 2.75) is 5.85 Å². The second kappa shape index (κ2) is 3.59. The quantitative estimate of drug-likeness (QED) is 0.495. The van der Waals surface area contributed by atoms with Crippen LogP contribution in [-0.2, 0) is 17.7 Å². The standard InChI is InChI=1S/C9H11N5O3/c1-14-3-6(11-4-14)9(17)12-2-5(15)7(13-9)8(10)16/h2-4,12,15,17H,1H3,(H2,10,16). The molecule has 0 saturated carbocycles. The molecule has 1 atom stereocenters. The van der Waals surface area contributed by atoms with Crippen molar-refractivity contribution in [1.29, 1.82) is 0 Å². The van der Waals surface area contributed by atoms with Gasteiger partial charge in [0.1, 0.15) is 5.69 Å². The van der Waals surface area contributed by atoms with E-state index in [1.807, 2.05) is 0 Å². The summed E-state index contributed by atoms with van der Waals surface area (Å²) >= 11 is 0. The number of aliphatic imine (C=N–C) groups is 1. The van der Waals surface area contributed by atoms with E-state index in [0.29, 0.717) is 0 Å². The maximum absolute atomic E-state index is 11.0. The van der Waals surface area contributed by atoms with E-state index >= 15 is 0 Å². The molecule has 5 N–H and O–H groups in total. The van der Waals surface area contributed by atoms with Gasteiger partial charge in [0.05, 0.1) is 6.33 Å². The van der Waals surface area contributed by atoms with E-state index in [2.05, 4.69) is 15.3 Å². The zero-order valence-electron chi connectivity index (χ0n) is 8.95. The molecule has 0 saturated heterocycles. The number of nitrogens with one attached hydrogen (secondary N) is 1. The Bertz CT molecular complexity index is 532. The number of imidazole rings is 1. The number of aromatic nitrogens is 2. The van der Waals surface area contributed by atoms with Crippen LogP contribution in [-0.4, -0.2) is 31.4 Å². The first-order chi connectivity index (χ1) is 7.92. The first kappa shape index (κ1) is 11.1. The molecular weight excluding hydrogens is 226 g/mol. The van der Waals surface area contributed by atoms with E-state index in [-0.39, 0.29) is 5.69 Å². The number of carbonyl (C=O) groups excluding carboxylic acids is 1. The summed E-state index contributed by atoms with van der Waals surface area (Å²) in [6, 6.07) is 0. The lowest BCUT2D eigenvalue weighted by molar-refractivity contribution is -0.112. The van der Waals surface area contributed by atoms with E-state index in [9.17, 15) is 15.0 Å². The van der Waals surface area contributed by atoms with Crippen molar-refractivity contribution in [2.75, 3.05) is 0 Å². The molecule has 2 heterocycles. The minimum absolute atomic E-state index is 0.183. The molecule has 1 aliphatic heterocycles. The molecule has 0 radical (unpaired) electrons.